The van der Waals surface area contributed by atoms with Gasteiger partial charge < -0.3 is 21.9 Å². The highest BCUT2D eigenvalue weighted by Crippen LogP contribution is 2.06. The molecule has 162 valence electrons. The molecule has 0 spiro atoms. The fourth-order valence-electron chi connectivity index (χ4n) is 2.40. The molecule has 8 heteroatoms. The van der Waals surface area contributed by atoms with E-state index in [4.69, 9.17) is 16.6 Å². The van der Waals surface area contributed by atoms with Crippen molar-refractivity contribution in [3.63, 3.8) is 0 Å². The molecule has 0 aliphatic rings. The summed E-state index contributed by atoms with van der Waals surface area (Å²) in [6, 6.07) is -0.997. The monoisotopic (exact) mass is 406 g/mol. The van der Waals surface area contributed by atoms with E-state index in [0.29, 0.717) is 37.5 Å². The summed E-state index contributed by atoms with van der Waals surface area (Å²) in [6.07, 6.45) is 13.6. The van der Waals surface area contributed by atoms with Crippen molar-refractivity contribution in [3.05, 3.63) is 36.5 Å². The van der Waals surface area contributed by atoms with E-state index in [2.05, 4.69) is 10.3 Å². The number of Topliss-reactive ketones (excluding diaryl/α,β-unsaturated/α-hetero) is 1. The number of allylic oxidation sites excluding steroid dienone is 5. The normalized spacial score (nSPS) is 12.7. The molecule has 0 saturated carbocycles. The Morgan fingerprint density at radius 1 is 1.07 bits per heavy atom. The number of carbonyl (C=O) groups excluding carboxylic acids is 2. The van der Waals surface area contributed by atoms with Crippen LogP contribution in [-0.2, 0) is 14.4 Å². The summed E-state index contributed by atoms with van der Waals surface area (Å²) in [5, 5.41) is 11.6. The summed E-state index contributed by atoms with van der Waals surface area (Å²) in [5.74, 6) is -0.947. The lowest BCUT2D eigenvalue weighted by Crippen LogP contribution is -2.40. The van der Waals surface area contributed by atoms with Crippen LogP contribution < -0.4 is 16.8 Å². The van der Waals surface area contributed by atoms with Crippen molar-refractivity contribution >= 4 is 23.6 Å². The number of amides is 1. The summed E-state index contributed by atoms with van der Waals surface area (Å²) >= 11 is 0. The van der Waals surface area contributed by atoms with Gasteiger partial charge in [0.15, 0.2) is 5.96 Å². The standard InChI is InChI=1S/C21H34N4O4/c1-16(2)15-17(26)11-8-6-4-3-5-7-9-13-19(27)25-18(20(28)29)12-10-14-24-21(22)23/h3-5,7,9,13,16,18H,6,8,10-12,14-15H2,1-2H3,(H,25,27)(H,28,29)(H4,22,23,24)/b4-3+,7-5+,13-9+/t18-/m0/s1. The highest BCUT2D eigenvalue weighted by Gasteiger charge is 2.17. The Balaban J connectivity index is 4.13. The number of rotatable bonds is 15. The number of guanidine groups is 1. The Labute approximate surface area is 172 Å². The van der Waals surface area contributed by atoms with E-state index in [1.165, 1.54) is 12.2 Å². The van der Waals surface area contributed by atoms with Gasteiger partial charge in [-0.15, -0.1) is 0 Å². The van der Waals surface area contributed by atoms with Gasteiger partial charge in [-0.25, -0.2) is 4.79 Å². The zero-order valence-electron chi connectivity index (χ0n) is 17.3. The van der Waals surface area contributed by atoms with Gasteiger partial charge in [-0.1, -0.05) is 44.2 Å². The number of nitrogens with two attached hydrogens (primary N) is 2. The predicted octanol–water partition coefficient (Wildman–Crippen LogP) is 2.06. The molecule has 0 bridgehead atoms. The minimum absolute atomic E-state index is 0.0516. The van der Waals surface area contributed by atoms with Gasteiger partial charge >= 0.3 is 5.97 Å². The molecule has 6 N–H and O–H groups in total. The molecule has 0 rings (SSSR count). The predicted molar refractivity (Wildman–Crippen MR) is 115 cm³/mol. The summed E-state index contributed by atoms with van der Waals surface area (Å²) in [4.78, 5) is 38.3. The number of aliphatic carboxylic acids is 1. The van der Waals surface area contributed by atoms with E-state index in [0.717, 1.165) is 12.8 Å². The lowest BCUT2D eigenvalue weighted by Gasteiger charge is -2.12. The molecule has 0 unspecified atom stereocenters. The molecule has 0 radical (unpaired) electrons. The SMILES string of the molecule is CC(C)CC(=O)CCC/C=C/C=C/C=C/C(=O)N[C@@H](CCCN=C(N)N)C(=O)O. The van der Waals surface area contributed by atoms with Gasteiger partial charge in [-0.3, -0.25) is 14.6 Å². The average Bonchev–Trinajstić information content (AvgIpc) is 2.61. The van der Waals surface area contributed by atoms with E-state index in [-0.39, 0.29) is 12.4 Å². The quantitative estimate of drug-likeness (QED) is 0.108. The van der Waals surface area contributed by atoms with Crippen LogP contribution in [0.25, 0.3) is 0 Å². The molecule has 0 aliphatic heterocycles. The summed E-state index contributed by atoms with van der Waals surface area (Å²) in [7, 11) is 0. The van der Waals surface area contributed by atoms with Crippen LogP contribution >= 0.6 is 0 Å². The topological polar surface area (TPSA) is 148 Å². The van der Waals surface area contributed by atoms with Crippen LogP contribution in [0.1, 0.15) is 52.4 Å². The van der Waals surface area contributed by atoms with Crippen LogP contribution in [0.2, 0.25) is 0 Å². The molecule has 0 aliphatic carbocycles. The van der Waals surface area contributed by atoms with Crippen molar-refractivity contribution in [1.82, 2.24) is 5.32 Å². The third-order valence-corrected chi connectivity index (χ3v) is 3.74. The summed E-state index contributed by atoms with van der Waals surface area (Å²) in [5.41, 5.74) is 10.4. The van der Waals surface area contributed by atoms with Crippen molar-refractivity contribution in [2.75, 3.05) is 6.54 Å². The Bertz CT molecular complexity index is 633. The first kappa shape index (κ1) is 26.1. The summed E-state index contributed by atoms with van der Waals surface area (Å²) in [6.45, 7) is 4.37. The van der Waals surface area contributed by atoms with Gasteiger partial charge in [0, 0.05) is 25.5 Å². The Hall–Kier alpha value is -2.90. The molecule has 0 aromatic rings. The Kier molecular flexibility index (Phi) is 14.5. The van der Waals surface area contributed by atoms with Gasteiger partial charge in [0.2, 0.25) is 5.91 Å². The molecule has 8 nitrogen and oxygen atoms in total. The number of hydrogen-bond acceptors (Lipinski definition) is 4. The number of nitrogens with one attached hydrogen (secondary N) is 1. The third-order valence-electron chi connectivity index (χ3n) is 3.74. The van der Waals surface area contributed by atoms with Crippen LogP contribution in [0.15, 0.2) is 41.4 Å². The van der Waals surface area contributed by atoms with Crippen molar-refractivity contribution in [2.45, 2.75) is 58.4 Å². The number of carboxylic acid groups (broad SMARTS) is 1. The van der Waals surface area contributed by atoms with Crippen LogP contribution in [0.5, 0.6) is 0 Å². The molecule has 0 heterocycles. The zero-order chi connectivity index (χ0) is 22.1. The molecule has 1 amide bonds. The molecule has 0 fully saturated rings. The van der Waals surface area contributed by atoms with Gasteiger partial charge in [0.25, 0.3) is 0 Å². The number of carboxylic acids is 1. The number of carbonyl (C=O) groups is 3. The van der Waals surface area contributed by atoms with E-state index in [9.17, 15) is 14.4 Å². The third kappa shape index (κ3) is 17.0. The fraction of sp³-hybridized carbons (Fsp3) is 0.524. The second-order valence-electron chi connectivity index (χ2n) is 7.05. The van der Waals surface area contributed by atoms with Crippen LogP contribution in [0.4, 0.5) is 0 Å². The van der Waals surface area contributed by atoms with Crippen LogP contribution in [-0.4, -0.2) is 41.3 Å². The highest BCUT2D eigenvalue weighted by molar-refractivity contribution is 5.91. The minimum atomic E-state index is -1.11. The molecule has 29 heavy (non-hydrogen) atoms. The van der Waals surface area contributed by atoms with Gasteiger partial charge in [0.1, 0.15) is 11.8 Å². The molecule has 0 aromatic carbocycles. The van der Waals surface area contributed by atoms with Gasteiger partial charge in [0.05, 0.1) is 0 Å². The lowest BCUT2D eigenvalue weighted by atomic mass is 10.0. The van der Waals surface area contributed by atoms with Crippen molar-refractivity contribution in [3.8, 4) is 0 Å². The molecular formula is C21H34N4O4. The van der Waals surface area contributed by atoms with Gasteiger partial charge in [-0.05, 0) is 31.6 Å². The van der Waals surface area contributed by atoms with Crippen molar-refractivity contribution < 1.29 is 19.5 Å². The fourth-order valence-corrected chi connectivity index (χ4v) is 2.40. The molecule has 0 aromatic heterocycles. The first-order valence-electron chi connectivity index (χ1n) is 9.82. The Morgan fingerprint density at radius 2 is 1.76 bits per heavy atom. The lowest BCUT2D eigenvalue weighted by molar-refractivity contribution is -0.141. The number of hydrogen-bond donors (Lipinski definition) is 4. The molecular weight excluding hydrogens is 372 g/mol. The summed E-state index contributed by atoms with van der Waals surface area (Å²) < 4.78 is 0. The average molecular weight is 407 g/mol. The molecule has 1 atom stereocenters. The van der Waals surface area contributed by atoms with Crippen molar-refractivity contribution in [2.24, 2.45) is 22.4 Å². The first-order chi connectivity index (χ1) is 13.7. The number of nitrogens with zero attached hydrogens (tertiary/aromatic N) is 1. The maximum Gasteiger partial charge on any atom is 0.326 e. The van der Waals surface area contributed by atoms with E-state index in [1.807, 2.05) is 26.0 Å². The molecule has 0 saturated heterocycles. The second-order valence-corrected chi connectivity index (χ2v) is 7.05. The first-order valence-corrected chi connectivity index (χ1v) is 9.82. The van der Waals surface area contributed by atoms with E-state index >= 15 is 0 Å². The van der Waals surface area contributed by atoms with E-state index < -0.39 is 17.9 Å². The van der Waals surface area contributed by atoms with Crippen molar-refractivity contribution in [1.29, 1.82) is 0 Å². The van der Waals surface area contributed by atoms with Gasteiger partial charge in [-0.2, -0.15) is 0 Å². The Morgan fingerprint density at radius 3 is 2.38 bits per heavy atom. The van der Waals surface area contributed by atoms with Crippen LogP contribution in [0.3, 0.4) is 0 Å². The highest BCUT2D eigenvalue weighted by atomic mass is 16.4. The number of ketones is 1. The maximum atomic E-state index is 11.8. The number of aliphatic imine (C=N–C) groups is 1. The smallest absolute Gasteiger partial charge is 0.326 e. The van der Waals surface area contributed by atoms with Crippen LogP contribution in [0, 0.1) is 5.92 Å². The zero-order valence-corrected chi connectivity index (χ0v) is 17.3. The largest absolute Gasteiger partial charge is 0.480 e. The maximum absolute atomic E-state index is 11.8. The number of unbranched alkanes of at least 4 members (excludes halogenated alkanes) is 1. The minimum Gasteiger partial charge on any atom is -0.480 e. The van der Waals surface area contributed by atoms with E-state index in [1.54, 1.807) is 12.2 Å². The second kappa shape index (κ2) is 16.1.